The summed E-state index contributed by atoms with van der Waals surface area (Å²) < 4.78 is 0. The van der Waals surface area contributed by atoms with Crippen LogP contribution in [0.15, 0.2) is 18.2 Å². The fourth-order valence-corrected chi connectivity index (χ4v) is 3.95. The highest BCUT2D eigenvalue weighted by Gasteiger charge is 2.38. The van der Waals surface area contributed by atoms with E-state index in [0.717, 1.165) is 25.2 Å². The Morgan fingerprint density at radius 2 is 1.62 bits per heavy atom. The first kappa shape index (κ1) is 16.5. The highest BCUT2D eigenvalue weighted by Crippen LogP contribution is 2.44. The van der Waals surface area contributed by atoms with E-state index in [1.54, 1.807) is 0 Å². The lowest BCUT2D eigenvalue weighted by Gasteiger charge is -2.42. The molecule has 1 aromatic rings. The summed E-state index contributed by atoms with van der Waals surface area (Å²) >= 11 is 0. The Kier molecular flexibility index (Phi) is 4.82. The molecular formula is C20H32O. The van der Waals surface area contributed by atoms with Gasteiger partial charge in [0, 0.05) is 6.42 Å². The Labute approximate surface area is 130 Å². The third kappa shape index (κ3) is 4.10. The topological polar surface area (TPSA) is 20.2 Å². The van der Waals surface area contributed by atoms with Crippen molar-refractivity contribution in [1.29, 1.82) is 0 Å². The van der Waals surface area contributed by atoms with Gasteiger partial charge in [-0.15, -0.1) is 0 Å². The highest BCUT2D eigenvalue weighted by molar-refractivity contribution is 5.29. The quantitative estimate of drug-likeness (QED) is 0.807. The van der Waals surface area contributed by atoms with Crippen LogP contribution in [0, 0.1) is 25.2 Å². The van der Waals surface area contributed by atoms with E-state index >= 15 is 0 Å². The molecule has 1 aromatic carbocycles. The Morgan fingerprint density at radius 1 is 1.10 bits per heavy atom. The van der Waals surface area contributed by atoms with Gasteiger partial charge in [-0.3, -0.25) is 0 Å². The molecule has 1 aliphatic rings. The van der Waals surface area contributed by atoms with Crippen LogP contribution in [0.5, 0.6) is 0 Å². The molecule has 0 saturated heterocycles. The SMILES string of the molecule is CCC(C)(C)C1CCC(O)(Cc2cc(C)cc(C)c2)CC1. The van der Waals surface area contributed by atoms with Gasteiger partial charge >= 0.3 is 0 Å². The van der Waals surface area contributed by atoms with Crippen molar-refractivity contribution < 1.29 is 5.11 Å². The summed E-state index contributed by atoms with van der Waals surface area (Å²) in [6.45, 7) is 11.3. The third-order valence-electron chi connectivity index (χ3n) is 5.75. The van der Waals surface area contributed by atoms with E-state index in [1.807, 2.05) is 0 Å². The molecule has 21 heavy (non-hydrogen) atoms. The van der Waals surface area contributed by atoms with E-state index in [9.17, 15) is 5.11 Å². The van der Waals surface area contributed by atoms with Gasteiger partial charge in [0.1, 0.15) is 0 Å². The molecule has 0 radical (unpaired) electrons. The first-order valence-corrected chi connectivity index (χ1v) is 8.54. The lowest BCUT2D eigenvalue weighted by Crippen LogP contribution is -2.39. The molecule has 1 N–H and O–H groups in total. The highest BCUT2D eigenvalue weighted by atomic mass is 16.3. The first-order valence-electron chi connectivity index (χ1n) is 8.54. The molecule has 0 aliphatic heterocycles. The molecule has 0 amide bonds. The van der Waals surface area contributed by atoms with Crippen LogP contribution in [0.3, 0.4) is 0 Å². The van der Waals surface area contributed by atoms with Crippen molar-refractivity contribution in [2.45, 2.75) is 78.7 Å². The monoisotopic (exact) mass is 288 g/mol. The lowest BCUT2D eigenvalue weighted by molar-refractivity contribution is -0.0276. The van der Waals surface area contributed by atoms with Gasteiger partial charge in [0.15, 0.2) is 0 Å². The third-order valence-corrected chi connectivity index (χ3v) is 5.75. The zero-order chi connectivity index (χ0) is 15.7. The zero-order valence-electron chi connectivity index (χ0n) is 14.5. The smallest absolute Gasteiger partial charge is 0.0688 e. The fraction of sp³-hybridized carbons (Fsp3) is 0.700. The van der Waals surface area contributed by atoms with Gasteiger partial charge in [0.25, 0.3) is 0 Å². The molecular weight excluding hydrogens is 256 g/mol. The molecule has 1 saturated carbocycles. The summed E-state index contributed by atoms with van der Waals surface area (Å²) in [6, 6.07) is 6.66. The number of aryl methyl sites for hydroxylation is 2. The largest absolute Gasteiger partial charge is 0.390 e. The molecule has 0 unspecified atom stereocenters. The number of hydrogen-bond acceptors (Lipinski definition) is 1. The van der Waals surface area contributed by atoms with Crippen molar-refractivity contribution in [2.24, 2.45) is 11.3 Å². The van der Waals surface area contributed by atoms with Crippen LogP contribution in [0.4, 0.5) is 0 Å². The summed E-state index contributed by atoms with van der Waals surface area (Å²) in [6.07, 6.45) is 6.29. The van der Waals surface area contributed by atoms with Crippen molar-refractivity contribution in [2.75, 3.05) is 0 Å². The van der Waals surface area contributed by atoms with Crippen molar-refractivity contribution >= 4 is 0 Å². The standard InChI is InChI=1S/C20H32O/c1-6-19(4,5)18-7-9-20(21,10-8-18)14-17-12-15(2)11-16(3)13-17/h11-13,18,21H,6-10,14H2,1-5H3. The summed E-state index contributed by atoms with van der Waals surface area (Å²) in [5.41, 5.74) is 3.83. The van der Waals surface area contributed by atoms with E-state index in [0.29, 0.717) is 5.41 Å². The van der Waals surface area contributed by atoms with Crippen molar-refractivity contribution in [3.8, 4) is 0 Å². The summed E-state index contributed by atoms with van der Waals surface area (Å²) in [5.74, 6) is 0.766. The van der Waals surface area contributed by atoms with Gasteiger partial charge < -0.3 is 5.11 Å². The van der Waals surface area contributed by atoms with Gasteiger partial charge in [-0.2, -0.15) is 0 Å². The van der Waals surface area contributed by atoms with Crippen molar-refractivity contribution in [3.05, 3.63) is 34.9 Å². The predicted octanol–water partition coefficient (Wildman–Crippen LogP) is 5.20. The lowest BCUT2D eigenvalue weighted by atomic mass is 9.65. The maximum atomic E-state index is 11.0. The van der Waals surface area contributed by atoms with Crippen LogP contribution in [-0.2, 0) is 6.42 Å². The van der Waals surface area contributed by atoms with E-state index in [1.165, 1.54) is 36.0 Å². The van der Waals surface area contributed by atoms with Crippen LogP contribution in [0.2, 0.25) is 0 Å². The second-order valence-electron chi connectivity index (χ2n) is 8.01. The predicted molar refractivity (Wildman–Crippen MR) is 90.6 cm³/mol. The Morgan fingerprint density at radius 3 is 2.10 bits per heavy atom. The minimum absolute atomic E-state index is 0.418. The molecule has 1 heteroatoms. The Balaban J connectivity index is 2.02. The molecule has 0 aromatic heterocycles. The van der Waals surface area contributed by atoms with Crippen LogP contribution in [0.25, 0.3) is 0 Å². The average molecular weight is 288 g/mol. The molecule has 0 spiro atoms. The molecule has 0 bridgehead atoms. The molecule has 0 atom stereocenters. The maximum absolute atomic E-state index is 11.0. The minimum Gasteiger partial charge on any atom is -0.390 e. The summed E-state index contributed by atoms with van der Waals surface area (Å²) in [5, 5.41) is 11.0. The molecule has 0 heterocycles. The summed E-state index contributed by atoms with van der Waals surface area (Å²) in [4.78, 5) is 0. The summed E-state index contributed by atoms with van der Waals surface area (Å²) in [7, 11) is 0. The number of rotatable bonds is 4. The Hall–Kier alpha value is -0.820. The van der Waals surface area contributed by atoms with Gasteiger partial charge in [0.2, 0.25) is 0 Å². The molecule has 1 nitrogen and oxygen atoms in total. The van der Waals surface area contributed by atoms with E-state index in [4.69, 9.17) is 0 Å². The fourth-order valence-electron chi connectivity index (χ4n) is 3.95. The van der Waals surface area contributed by atoms with Crippen LogP contribution >= 0.6 is 0 Å². The van der Waals surface area contributed by atoms with Gasteiger partial charge in [-0.05, 0) is 56.4 Å². The molecule has 118 valence electrons. The second kappa shape index (κ2) is 6.12. The second-order valence-corrected chi connectivity index (χ2v) is 8.01. The normalized spacial score (nSPS) is 26.9. The molecule has 2 rings (SSSR count). The van der Waals surface area contributed by atoms with Gasteiger partial charge in [-0.25, -0.2) is 0 Å². The maximum Gasteiger partial charge on any atom is 0.0688 e. The first-order chi connectivity index (χ1) is 9.74. The van der Waals surface area contributed by atoms with Crippen molar-refractivity contribution in [1.82, 2.24) is 0 Å². The van der Waals surface area contributed by atoms with Crippen LogP contribution in [0.1, 0.15) is 69.6 Å². The minimum atomic E-state index is -0.486. The molecule has 1 aliphatic carbocycles. The number of hydrogen-bond donors (Lipinski definition) is 1. The van der Waals surface area contributed by atoms with E-state index in [-0.39, 0.29) is 0 Å². The molecule has 1 fully saturated rings. The zero-order valence-corrected chi connectivity index (χ0v) is 14.5. The Bertz CT molecular complexity index is 458. The van der Waals surface area contributed by atoms with Crippen molar-refractivity contribution in [3.63, 3.8) is 0 Å². The number of aliphatic hydroxyl groups is 1. The van der Waals surface area contributed by atoms with E-state index in [2.05, 4.69) is 52.8 Å². The van der Waals surface area contributed by atoms with Crippen LogP contribution < -0.4 is 0 Å². The average Bonchev–Trinajstić information content (AvgIpc) is 2.37. The van der Waals surface area contributed by atoms with Crippen LogP contribution in [-0.4, -0.2) is 10.7 Å². The van der Waals surface area contributed by atoms with Gasteiger partial charge in [0.05, 0.1) is 5.60 Å². The number of benzene rings is 1. The van der Waals surface area contributed by atoms with E-state index < -0.39 is 5.60 Å². The van der Waals surface area contributed by atoms with Gasteiger partial charge in [-0.1, -0.05) is 56.5 Å².